The highest BCUT2D eigenvalue weighted by Crippen LogP contribution is 2.25. The molecule has 0 saturated heterocycles. The molecule has 0 unspecified atom stereocenters. The fourth-order valence-corrected chi connectivity index (χ4v) is 2.05. The molecule has 20 heavy (non-hydrogen) atoms. The lowest BCUT2D eigenvalue weighted by molar-refractivity contribution is -0.142. The van der Waals surface area contributed by atoms with Crippen molar-refractivity contribution in [3.63, 3.8) is 0 Å². The van der Waals surface area contributed by atoms with Gasteiger partial charge in [-0.15, -0.1) is 0 Å². The Kier molecular flexibility index (Phi) is 4.25. The maximum absolute atomic E-state index is 11.9. The number of carbonyl (C=O) groups excluding carboxylic acids is 1. The van der Waals surface area contributed by atoms with Crippen LogP contribution in [0.4, 0.5) is 0 Å². The van der Waals surface area contributed by atoms with Gasteiger partial charge in [-0.2, -0.15) is 0 Å². The largest absolute Gasteiger partial charge is 0.508 e. The maximum atomic E-state index is 11.9. The summed E-state index contributed by atoms with van der Waals surface area (Å²) in [6.07, 6.45) is 0.470. The van der Waals surface area contributed by atoms with Gasteiger partial charge < -0.3 is 14.9 Å². The Labute approximate surface area is 117 Å². The lowest BCUT2D eigenvalue weighted by atomic mass is 9.92. The summed E-state index contributed by atoms with van der Waals surface area (Å²) >= 11 is 0. The number of hydrogen-bond donors (Lipinski definition) is 2. The summed E-state index contributed by atoms with van der Waals surface area (Å²) in [6, 6.07) is 13.2. The first kappa shape index (κ1) is 13.9. The van der Waals surface area contributed by atoms with Crippen molar-refractivity contribution >= 4 is 5.97 Å². The molecule has 0 aromatic heterocycles. The topological polar surface area (TPSA) is 66.8 Å². The van der Waals surface area contributed by atoms with Crippen molar-refractivity contribution in [3.8, 4) is 11.5 Å². The summed E-state index contributed by atoms with van der Waals surface area (Å²) in [7, 11) is 1.35. The number of phenols is 2. The minimum atomic E-state index is -0.440. The molecule has 2 N–H and O–H groups in total. The smallest absolute Gasteiger partial charge is 0.313 e. The first-order valence-corrected chi connectivity index (χ1v) is 6.25. The second-order valence-electron chi connectivity index (χ2n) is 4.54. The number of aromatic hydroxyl groups is 2. The number of benzene rings is 2. The third kappa shape index (κ3) is 3.29. The van der Waals surface area contributed by atoms with Crippen molar-refractivity contribution in [2.24, 2.45) is 0 Å². The highest BCUT2D eigenvalue weighted by atomic mass is 16.5. The summed E-state index contributed by atoms with van der Waals surface area (Å²) in [5, 5.41) is 18.6. The number of ether oxygens (including phenoxy) is 1. The molecule has 0 bridgehead atoms. The van der Waals surface area contributed by atoms with Crippen molar-refractivity contribution in [3.05, 3.63) is 59.7 Å². The van der Waals surface area contributed by atoms with Crippen LogP contribution in [0.2, 0.25) is 0 Å². The first-order chi connectivity index (χ1) is 9.60. The minimum Gasteiger partial charge on any atom is -0.508 e. The zero-order valence-corrected chi connectivity index (χ0v) is 11.1. The van der Waals surface area contributed by atoms with E-state index in [1.807, 2.05) is 0 Å². The minimum absolute atomic E-state index is 0.155. The van der Waals surface area contributed by atoms with Crippen LogP contribution in [0.5, 0.6) is 11.5 Å². The van der Waals surface area contributed by atoms with Gasteiger partial charge in [0.2, 0.25) is 0 Å². The van der Waals surface area contributed by atoms with E-state index < -0.39 is 5.92 Å². The summed E-state index contributed by atoms with van der Waals surface area (Å²) in [5.74, 6) is -0.427. The Morgan fingerprint density at radius 2 is 1.50 bits per heavy atom. The number of carbonyl (C=O) groups is 1. The molecule has 104 valence electrons. The Balaban J connectivity index is 2.26. The number of methoxy groups -OCH3 is 1. The van der Waals surface area contributed by atoms with E-state index in [0.717, 1.165) is 11.1 Å². The molecule has 0 aliphatic carbocycles. The van der Waals surface area contributed by atoms with Crippen LogP contribution in [0.1, 0.15) is 17.0 Å². The number of rotatable bonds is 4. The predicted octanol–water partition coefficient (Wildman–Crippen LogP) is 2.60. The van der Waals surface area contributed by atoms with Crippen LogP contribution in [-0.2, 0) is 16.0 Å². The molecule has 2 aromatic carbocycles. The molecule has 0 fully saturated rings. The molecule has 0 spiro atoms. The van der Waals surface area contributed by atoms with Gasteiger partial charge >= 0.3 is 5.97 Å². The zero-order valence-electron chi connectivity index (χ0n) is 11.1. The highest BCUT2D eigenvalue weighted by Gasteiger charge is 2.21. The lowest BCUT2D eigenvalue weighted by Crippen LogP contribution is -2.16. The van der Waals surface area contributed by atoms with Crippen molar-refractivity contribution in [1.82, 2.24) is 0 Å². The van der Waals surface area contributed by atoms with Gasteiger partial charge in [0.05, 0.1) is 13.0 Å². The van der Waals surface area contributed by atoms with Crippen molar-refractivity contribution in [2.45, 2.75) is 12.3 Å². The number of esters is 1. The molecule has 4 heteroatoms. The standard InChI is InChI=1S/C16H16O4/c1-20-16(19)15(12-4-8-14(18)9-5-12)10-11-2-6-13(17)7-3-11/h2-9,15,17-18H,10H2,1H3/t15-/m1/s1. The van der Waals surface area contributed by atoms with Crippen LogP contribution in [0.25, 0.3) is 0 Å². The second kappa shape index (κ2) is 6.10. The zero-order chi connectivity index (χ0) is 14.5. The number of hydrogen-bond acceptors (Lipinski definition) is 4. The van der Waals surface area contributed by atoms with E-state index in [1.54, 1.807) is 48.5 Å². The summed E-state index contributed by atoms with van der Waals surface area (Å²) in [6.45, 7) is 0. The number of phenolic OH excluding ortho intramolecular Hbond substituents is 2. The van der Waals surface area contributed by atoms with Crippen LogP contribution in [-0.4, -0.2) is 23.3 Å². The van der Waals surface area contributed by atoms with Crippen LogP contribution in [0.15, 0.2) is 48.5 Å². The van der Waals surface area contributed by atoms with E-state index in [0.29, 0.717) is 6.42 Å². The van der Waals surface area contributed by atoms with E-state index >= 15 is 0 Å². The molecule has 0 amide bonds. The van der Waals surface area contributed by atoms with Crippen LogP contribution in [0, 0.1) is 0 Å². The van der Waals surface area contributed by atoms with Gasteiger partial charge in [0.15, 0.2) is 0 Å². The average molecular weight is 272 g/mol. The van der Waals surface area contributed by atoms with Gasteiger partial charge in [0, 0.05) is 0 Å². The molecular weight excluding hydrogens is 256 g/mol. The molecular formula is C16H16O4. The molecule has 0 saturated carbocycles. The van der Waals surface area contributed by atoms with Gasteiger partial charge in [0.25, 0.3) is 0 Å². The fourth-order valence-electron chi connectivity index (χ4n) is 2.05. The maximum Gasteiger partial charge on any atom is 0.313 e. The van der Waals surface area contributed by atoms with E-state index in [9.17, 15) is 15.0 Å². The van der Waals surface area contributed by atoms with E-state index in [1.165, 1.54) is 7.11 Å². The molecule has 0 aliphatic rings. The molecule has 0 heterocycles. The normalized spacial score (nSPS) is 11.8. The second-order valence-corrected chi connectivity index (χ2v) is 4.54. The molecule has 0 radical (unpaired) electrons. The van der Waals surface area contributed by atoms with Gasteiger partial charge in [-0.3, -0.25) is 4.79 Å². The highest BCUT2D eigenvalue weighted by molar-refractivity contribution is 5.78. The predicted molar refractivity (Wildman–Crippen MR) is 74.7 cm³/mol. The fraction of sp³-hybridized carbons (Fsp3) is 0.188. The van der Waals surface area contributed by atoms with Crippen LogP contribution < -0.4 is 0 Å². The van der Waals surface area contributed by atoms with Gasteiger partial charge in [-0.1, -0.05) is 24.3 Å². The van der Waals surface area contributed by atoms with Crippen molar-refractivity contribution in [2.75, 3.05) is 7.11 Å². The molecule has 1 atom stereocenters. The summed E-state index contributed by atoms with van der Waals surface area (Å²) in [4.78, 5) is 11.9. The molecule has 0 aliphatic heterocycles. The third-order valence-corrected chi connectivity index (χ3v) is 3.16. The van der Waals surface area contributed by atoms with Crippen molar-refractivity contribution in [1.29, 1.82) is 0 Å². The Morgan fingerprint density at radius 3 is 2.00 bits per heavy atom. The lowest BCUT2D eigenvalue weighted by Gasteiger charge is -2.15. The molecule has 2 rings (SSSR count). The summed E-state index contributed by atoms with van der Waals surface area (Å²) < 4.78 is 4.84. The van der Waals surface area contributed by atoms with Crippen LogP contribution >= 0.6 is 0 Å². The van der Waals surface area contributed by atoms with Gasteiger partial charge in [0.1, 0.15) is 11.5 Å². The average Bonchev–Trinajstić information content (AvgIpc) is 2.47. The quantitative estimate of drug-likeness (QED) is 0.840. The molecule has 2 aromatic rings. The Morgan fingerprint density at radius 1 is 1.00 bits per heavy atom. The first-order valence-electron chi connectivity index (χ1n) is 6.25. The van der Waals surface area contributed by atoms with Gasteiger partial charge in [-0.25, -0.2) is 0 Å². The van der Waals surface area contributed by atoms with E-state index in [4.69, 9.17) is 4.74 Å². The van der Waals surface area contributed by atoms with Gasteiger partial charge in [-0.05, 0) is 41.8 Å². The third-order valence-electron chi connectivity index (χ3n) is 3.16. The van der Waals surface area contributed by atoms with E-state index in [-0.39, 0.29) is 17.5 Å². The Hall–Kier alpha value is -2.49. The van der Waals surface area contributed by atoms with Crippen LogP contribution in [0.3, 0.4) is 0 Å². The summed E-state index contributed by atoms with van der Waals surface area (Å²) in [5.41, 5.74) is 1.70. The SMILES string of the molecule is COC(=O)[C@H](Cc1ccc(O)cc1)c1ccc(O)cc1. The van der Waals surface area contributed by atoms with Crippen molar-refractivity contribution < 1.29 is 19.7 Å². The molecule has 4 nitrogen and oxygen atoms in total. The van der Waals surface area contributed by atoms with E-state index in [2.05, 4.69) is 0 Å². The monoisotopic (exact) mass is 272 g/mol. The Bertz CT molecular complexity index is 572.